The average molecular weight is 370 g/mol. The maximum absolute atomic E-state index is 13.0. The summed E-state index contributed by atoms with van der Waals surface area (Å²) < 4.78 is 49.9. The van der Waals surface area contributed by atoms with E-state index in [4.69, 9.17) is 0 Å². The highest BCUT2D eigenvalue weighted by Gasteiger charge is 2.43. The Labute approximate surface area is 147 Å². The molecule has 1 aromatic carbocycles. The van der Waals surface area contributed by atoms with Crippen LogP contribution in [-0.4, -0.2) is 51.3 Å². The summed E-state index contributed by atoms with van der Waals surface area (Å²) in [4.78, 5) is 4.22. The van der Waals surface area contributed by atoms with Crippen molar-refractivity contribution in [3.63, 3.8) is 0 Å². The molecule has 0 amide bonds. The predicted molar refractivity (Wildman–Crippen MR) is 92.7 cm³/mol. The first-order valence-electron chi connectivity index (χ1n) is 9.07. The lowest BCUT2D eigenvalue weighted by Gasteiger charge is -2.42. The number of fused-ring (bicyclic) bond motifs is 2. The maximum atomic E-state index is 13.0. The fourth-order valence-electron chi connectivity index (χ4n) is 5.01. The lowest BCUT2D eigenvalue weighted by atomic mass is 9.93. The van der Waals surface area contributed by atoms with Gasteiger partial charge in [0.25, 0.3) is 0 Å². The Bertz CT molecular complexity index is 732. The van der Waals surface area contributed by atoms with Gasteiger partial charge in [-0.2, -0.15) is 8.78 Å². The smallest absolute Gasteiger partial charge is 0.341 e. The fraction of sp³-hybridized carbons (Fsp3) is 0.667. The van der Waals surface area contributed by atoms with Crippen LogP contribution in [0.1, 0.15) is 25.7 Å². The highest BCUT2D eigenvalue weighted by Crippen LogP contribution is 2.46. The van der Waals surface area contributed by atoms with Crippen LogP contribution in [0, 0.1) is 11.8 Å². The molecule has 4 rings (SSSR count). The standard InChI is InChI=1S/C18H24F2N2O2S/c19-18(20)25(23,24)17-4-2-1-3-15(17)21-7-9-22(10-8-21)16-12-13-5-6-14(16)11-13/h1-4,13-14,16,18H,5-12H2. The van der Waals surface area contributed by atoms with Gasteiger partial charge in [-0.15, -0.1) is 0 Å². The van der Waals surface area contributed by atoms with Gasteiger partial charge < -0.3 is 4.90 Å². The SMILES string of the molecule is O=S(=O)(c1ccccc1N1CCN(C2CC3CCC2C3)CC1)C(F)F. The van der Waals surface area contributed by atoms with Crippen LogP contribution in [-0.2, 0) is 9.84 Å². The number of sulfone groups is 1. The summed E-state index contributed by atoms with van der Waals surface area (Å²) in [6.45, 7) is 3.11. The number of benzene rings is 1. The summed E-state index contributed by atoms with van der Waals surface area (Å²) in [7, 11) is -4.58. The van der Waals surface area contributed by atoms with E-state index in [1.165, 1.54) is 37.8 Å². The van der Waals surface area contributed by atoms with Crippen molar-refractivity contribution in [2.75, 3.05) is 31.1 Å². The number of anilines is 1. The number of hydrogen-bond acceptors (Lipinski definition) is 4. The second kappa shape index (κ2) is 6.50. The summed E-state index contributed by atoms with van der Waals surface area (Å²) in [5.74, 6) is -1.67. The van der Waals surface area contributed by atoms with E-state index >= 15 is 0 Å². The van der Waals surface area contributed by atoms with Gasteiger partial charge in [0.15, 0.2) is 0 Å². The summed E-state index contributed by atoms with van der Waals surface area (Å²) in [6.07, 6.45) is 5.37. The quantitative estimate of drug-likeness (QED) is 0.817. The molecule has 3 atom stereocenters. The van der Waals surface area contributed by atoms with Gasteiger partial charge in [0, 0.05) is 32.2 Å². The highest BCUT2D eigenvalue weighted by molar-refractivity contribution is 7.91. The Morgan fingerprint density at radius 3 is 2.32 bits per heavy atom. The largest absolute Gasteiger partial charge is 0.368 e. The Hall–Kier alpha value is -1.21. The highest BCUT2D eigenvalue weighted by atomic mass is 32.2. The van der Waals surface area contributed by atoms with Crippen LogP contribution < -0.4 is 4.90 Å². The number of halogens is 2. The zero-order valence-electron chi connectivity index (χ0n) is 14.2. The lowest BCUT2D eigenvalue weighted by Crippen LogP contribution is -2.52. The molecule has 0 spiro atoms. The van der Waals surface area contributed by atoms with E-state index in [1.54, 1.807) is 12.1 Å². The van der Waals surface area contributed by atoms with Crippen LogP contribution in [0.25, 0.3) is 0 Å². The number of nitrogens with zero attached hydrogens (tertiary/aromatic N) is 2. The summed E-state index contributed by atoms with van der Waals surface area (Å²) in [5.41, 5.74) is 0.412. The van der Waals surface area contributed by atoms with Crippen molar-refractivity contribution in [3.8, 4) is 0 Å². The van der Waals surface area contributed by atoms with E-state index < -0.39 is 15.6 Å². The minimum atomic E-state index is -4.58. The minimum Gasteiger partial charge on any atom is -0.368 e. The molecule has 138 valence electrons. The first-order chi connectivity index (χ1) is 12.0. The topological polar surface area (TPSA) is 40.6 Å². The minimum absolute atomic E-state index is 0.252. The van der Waals surface area contributed by atoms with E-state index in [-0.39, 0.29) is 4.90 Å². The van der Waals surface area contributed by atoms with Gasteiger partial charge >= 0.3 is 5.76 Å². The van der Waals surface area contributed by atoms with Gasteiger partial charge in [0.2, 0.25) is 9.84 Å². The number of piperazine rings is 1. The van der Waals surface area contributed by atoms with E-state index in [0.717, 1.165) is 24.9 Å². The van der Waals surface area contributed by atoms with Crippen LogP contribution in [0.3, 0.4) is 0 Å². The second-order valence-electron chi connectivity index (χ2n) is 7.54. The summed E-state index contributed by atoms with van der Waals surface area (Å²) >= 11 is 0. The van der Waals surface area contributed by atoms with Gasteiger partial charge in [-0.3, -0.25) is 4.90 Å². The van der Waals surface area contributed by atoms with Gasteiger partial charge in [-0.1, -0.05) is 18.6 Å². The molecule has 0 N–H and O–H groups in total. The Kier molecular flexibility index (Phi) is 4.48. The first kappa shape index (κ1) is 17.2. The molecule has 1 aromatic rings. The maximum Gasteiger partial charge on any atom is 0.341 e. The molecule has 1 heterocycles. The molecule has 0 radical (unpaired) electrons. The Morgan fingerprint density at radius 2 is 1.72 bits per heavy atom. The van der Waals surface area contributed by atoms with E-state index in [2.05, 4.69) is 4.90 Å². The van der Waals surface area contributed by atoms with Crippen molar-refractivity contribution in [1.82, 2.24) is 4.90 Å². The van der Waals surface area contributed by atoms with Crippen molar-refractivity contribution in [2.45, 2.75) is 42.4 Å². The molecule has 0 aromatic heterocycles. The van der Waals surface area contributed by atoms with Crippen LogP contribution in [0.5, 0.6) is 0 Å². The van der Waals surface area contributed by atoms with Gasteiger partial charge in [-0.05, 0) is 43.2 Å². The molecule has 25 heavy (non-hydrogen) atoms. The van der Waals surface area contributed by atoms with Crippen LogP contribution in [0.15, 0.2) is 29.2 Å². The molecule has 3 unspecified atom stereocenters. The van der Waals surface area contributed by atoms with E-state index in [0.29, 0.717) is 24.8 Å². The van der Waals surface area contributed by atoms with Crippen LogP contribution in [0.2, 0.25) is 0 Å². The number of hydrogen-bond donors (Lipinski definition) is 0. The Balaban J connectivity index is 1.48. The monoisotopic (exact) mass is 370 g/mol. The van der Waals surface area contributed by atoms with Crippen molar-refractivity contribution >= 4 is 15.5 Å². The van der Waals surface area contributed by atoms with E-state index in [1.807, 2.05) is 4.90 Å². The molecule has 3 aliphatic rings. The third kappa shape index (κ3) is 3.05. The fourth-order valence-corrected chi connectivity index (χ4v) is 5.96. The van der Waals surface area contributed by atoms with Gasteiger partial charge in [0.1, 0.15) is 0 Å². The lowest BCUT2D eigenvalue weighted by molar-refractivity contribution is 0.135. The van der Waals surface area contributed by atoms with E-state index in [9.17, 15) is 17.2 Å². The summed E-state index contributed by atoms with van der Waals surface area (Å²) in [6, 6.07) is 6.81. The molecule has 1 aliphatic heterocycles. The molecular weight excluding hydrogens is 346 g/mol. The van der Waals surface area contributed by atoms with Crippen molar-refractivity contribution in [3.05, 3.63) is 24.3 Å². The van der Waals surface area contributed by atoms with Gasteiger partial charge in [0.05, 0.1) is 10.6 Å². The molecule has 2 bridgehead atoms. The third-order valence-corrected chi connectivity index (χ3v) is 7.66. The predicted octanol–water partition coefficient (Wildman–Crippen LogP) is 2.99. The van der Waals surface area contributed by atoms with Crippen LogP contribution >= 0.6 is 0 Å². The molecule has 2 saturated carbocycles. The number of para-hydroxylation sites is 1. The van der Waals surface area contributed by atoms with Crippen LogP contribution in [0.4, 0.5) is 14.5 Å². The normalized spacial score (nSPS) is 30.4. The molecule has 2 aliphatic carbocycles. The van der Waals surface area contributed by atoms with Crippen molar-refractivity contribution < 1.29 is 17.2 Å². The second-order valence-corrected chi connectivity index (χ2v) is 9.42. The molecule has 7 heteroatoms. The number of alkyl halides is 2. The molecule has 4 nitrogen and oxygen atoms in total. The average Bonchev–Trinajstić information content (AvgIpc) is 3.25. The molecule has 3 fully saturated rings. The van der Waals surface area contributed by atoms with Crippen molar-refractivity contribution in [2.24, 2.45) is 11.8 Å². The third-order valence-electron chi connectivity index (χ3n) is 6.23. The van der Waals surface area contributed by atoms with Gasteiger partial charge in [-0.25, -0.2) is 8.42 Å². The van der Waals surface area contributed by atoms with Crippen molar-refractivity contribution in [1.29, 1.82) is 0 Å². The first-order valence-corrected chi connectivity index (χ1v) is 10.6. The molecule has 1 saturated heterocycles. The summed E-state index contributed by atoms with van der Waals surface area (Å²) in [5, 5.41) is 0. The zero-order valence-corrected chi connectivity index (χ0v) is 15.0. The Morgan fingerprint density at radius 1 is 1.00 bits per heavy atom. The zero-order chi connectivity index (χ0) is 17.6. The number of rotatable bonds is 4. The molecular formula is C18H24F2N2O2S.